The van der Waals surface area contributed by atoms with E-state index in [1.54, 1.807) is 30.0 Å². The second-order valence-electron chi connectivity index (χ2n) is 5.93. The molecular formula is C19H17Cl2NO3. The van der Waals surface area contributed by atoms with Gasteiger partial charge in [-0.1, -0.05) is 47.5 Å². The summed E-state index contributed by atoms with van der Waals surface area (Å²) in [6, 6.07) is 12.7. The van der Waals surface area contributed by atoms with Gasteiger partial charge in [0.25, 0.3) is 5.91 Å². The fourth-order valence-corrected chi connectivity index (χ4v) is 3.21. The Bertz CT molecular complexity index is 822. The van der Waals surface area contributed by atoms with E-state index >= 15 is 0 Å². The molecule has 1 aliphatic rings. The van der Waals surface area contributed by atoms with Gasteiger partial charge in [0.2, 0.25) is 0 Å². The third-order valence-electron chi connectivity index (χ3n) is 4.14. The van der Waals surface area contributed by atoms with Crippen molar-refractivity contribution in [3.63, 3.8) is 0 Å². The molecule has 3 rings (SSSR count). The minimum Gasteiger partial charge on any atom is -0.452 e. The molecule has 0 saturated carbocycles. The maximum absolute atomic E-state index is 12.6. The lowest BCUT2D eigenvalue weighted by atomic mass is 10.1. The van der Waals surface area contributed by atoms with Crippen LogP contribution in [-0.4, -0.2) is 24.5 Å². The van der Waals surface area contributed by atoms with Crippen molar-refractivity contribution in [3.8, 4) is 0 Å². The van der Waals surface area contributed by atoms with E-state index in [-0.39, 0.29) is 12.3 Å². The summed E-state index contributed by atoms with van der Waals surface area (Å²) in [6.45, 7) is 2.20. The fraction of sp³-hybridized carbons (Fsp3) is 0.263. The molecule has 0 aromatic heterocycles. The molecule has 0 unspecified atom stereocenters. The van der Waals surface area contributed by atoms with Gasteiger partial charge < -0.3 is 9.64 Å². The van der Waals surface area contributed by atoms with Crippen molar-refractivity contribution >= 4 is 40.8 Å². The van der Waals surface area contributed by atoms with Crippen LogP contribution < -0.4 is 4.90 Å². The van der Waals surface area contributed by atoms with E-state index in [9.17, 15) is 9.59 Å². The number of esters is 1. The lowest BCUT2D eigenvalue weighted by Crippen LogP contribution is -2.39. The Labute approximate surface area is 156 Å². The van der Waals surface area contributed by atoms with Crippen molar-refractivity contribution in [3.05, 3.63) is 63.6 Å². The van der Waals surface area contributed by atoms with Crippen LogP contribution >= 0.6 is 23.2 Å². The molecule has 0 bridgehead atoms. The number of para-hydroxylation sites is 1. The van der Waals surface area contributed by atoms with Crippen LogP contribution in [0.4, 0.5) is 5.69 Å². The van der Waals surface area contributed by atoms with Crippen molar-refractivity contribution in [1.29, 1.82) is 0 Å². The molecule has 0 fully saturated rings. The Balaban J connectivity index is 1.62. The van der Waals surface area contributed by atoms with Crippen LogP contribution in [0.5, 0.6) is 0 Å². The number of hydrogen-bond acceptors (Lipinski definition) is 3. The first kappa shape index (κ1) is 17.8. The molecule has 0 radical (unpaired) electrons. The molecule has 2 aromatic rings. The molecule has 0 spiro atoms. The van der Waals surface area contributed by atoms with Gasteiger partial charge in [0.15, 0.2) is 6.10 Å². The van der Waals surface area contributed by atoms with Gasteiger partial charge >= 0.3 is 5.97 Å². The summed E-state index contributed by atoms with van der Waals surface area (Å²) in [5.41, 5.74) is 2.70. The van der Waals surface area contributed by atoms with Crippen LogP contribution in [0, 0.1) is 0 Å². The van der Waals surface area contributed by atoms with E-state index in [2.05, 4.69) is 0 Å². The van der Waals surface area contributed by atoms with Gasteiger partial charge in [0, 0.05) is 12.2 Å². The van der Waals surface area contributed by atoms with Gasteiger partial charge in [-0.05, 0) is 42.7 Å². The van der Waals surface area contributed by atoms with E-state index in [1.807, 2.05) is 24.3 Å². The van der Waals surface area contributed by atoms with E-state index in [1.165, 1.54) is 0 Å². The zero-order valence-corrected chi connectivity index (χ0v) is 15.2. The molecule has 0 saturated heterocycles. The van der Waals surface area contributed by atoms with Gasteiger partial charge in [0.05, 0.1) is 16.5 Å². The normalized spacial score (nSPS) is 14.1. The molecule has 6 heteroatoms. The summed E-state index contributed by atoms with van der Waals surface area (Å²) < 4.78 is 5.31. The van der Waals surface area contributed by atoms with Crippen LogP contribution in [0.1, 0.15) is 18.1 Å². The Hall–Kier alpha value is -2.04. The number of carbonyl (C=O) groups is 2. The highest BCUT2D eigenvalue weighted by Gasteiger charge is 2.29. The maximum atomic E-state index is 12.6. The molecule has 0 aliphatic carbocycles. The van der Waals surface area contributed by atoms with Crippen LogP contribution in [0.3, 0.4) is 0 Å². The second-order valence-corrected chi connectivity index (χ2v) is 6.74. The number of benzene rings is 2. The standard InChI is InChI=1S/C19H17Cl2NO3/c1-12(19(24)22-9-8-14-4-2-3-5-17(14)22)25-18(23)11-13-6-7-15(20)16(21)10-13/h2-7,10,12H,8-9,11H2,1H3/t12-/m1/s1. The van der Waals surface area contributed by atoms with Crippen LogP contribution in [0.15, 0.2) is 42.5 Å². The zero-order valence-electron chi connectivity index (χ0n) is 13.7. The predicted molar refractivity (Wildman–Crippen MR) is 98.2 cm³/mol. The summed E-state index contributed by atoms with van der Waals surface area (Å²) in [4.78, 5) is 26.4. The molecule has 1 heterocycles. The summed E-state index contributed by atoms with van der Waals surface area (Å²) >= 11 is 11.8. The van der Waals surface area contributed by atoms with Gasteiger partial charge in [-0.25, -0.2) is 0 Å². The third kappa shape index (κ3) is 3.97. The van der Waals surface area contributed by atoms with Gasteiger partial charge in [-0.2, -0.15) is 0 Å². The molecule has 1 amide bonds. The van der Waals surface area contributed by atoms with Gasteiger partial charge in [-0.15, -0.1) is 0 Å². The smallest absolute Gasteiger partial charge is 0.311 e. The molecule has 25 heavy (non-hydrogen) atoms. The van der Waals surface area contributed by atoms with Crippen molar-refractivity contribution in [2.45, 2.75) is 25.9 Å². The summed E-state index contributed by atoms with van der Waals surface area (Å²) in [7, 11) is 0. The first-order valence-electron chi connectivity index (χ1n) is 7.98. The van der Waals surface area contributed by atoms with Gasteiger partial charge in [0.1, 0.15) is 0 Å². The number of anilines is 1. The lowest BCUT2D eigenvalue weighted by Gasteiger charge is -2.21. The average Bonchev–Trinajstić information content (AvgIpc) is 3.01. The zero-order chi connectivity index (χ0) is 18.0. The first-order valence-corrected chi connectivity index (χ1v) is 8.74. The minimum atomic E-state index is -0.846. The largest absolute Gasteiger partial charge is 0.452 e. The number of carbonyl (C=O) groups excluding carboxylic acids is 2. The number of amides is 1. The lowest BCUT2D eigenvalue weighted by molar-refractivity contribution is -0.153. The number of halogens is 2. The highest BCUT2D eigenvalue weighted by molar-refractivity contribution is 6.42. The number of nitrogens with zero attached hydrogens (tertiary/aromatic N) is 1. The quantitative estimate of drug-likeness (QED) is 0.754. The number of ether oxygens (including phenoxy) is 1. The molecule has 1 aliphatic heterocycles. The highest BCUT2D eigenvalue weighted by atomic mass is 35.5. The van der Waals surface area contributed by atoms with Gasteiger partial charge in [-0.3, -0.25) is 9.59 Å². The van der Waals surface area contributed by atoms with Crippen LogP contribution in [-0.2, 0) is 27.2 Å². The Morgan fingerprint density at radius 1 is 1.16 bits per heavy atom. The predicted octanol–water partition coefficient (Wildman–Crippen LogP) is 4.06. The third-order valence-corrected chi connectivity index (χ3v) is 4.88. The molecule has 0 N–H and O–H groups in total. The van der Waals surface area contributed by atoms with E-state index in [0.717, 1.165) is 17.7 Å². The summed E-state index contributed by atoms with van der Waals surface area (Å²) in [5, 5.41) is 0.805. The maximum Gasteiger partial charge on any atom is 0.311 e. The first-order chi connectivity index (χ1) is 12.0. The average molecular weight is 378 g/mol. The monoisotopic (exact) mass is 377 g/mol. The topological polar surface area (TPSA) is 46.6 Å². The Morgan fingerprint density at radius 2 is 1.92 bits per heavy atom. The van der Waals surface area contributed by atoms with Crippen molar-refractivity contribution < 1.29 is 14.3 Å². The van der Waals surface area contributed by atoms with Crippen LogP contribution in [0.25, 0.3) is 0 Å². The van der Waals surface area contributed by atoms with Crippen molar-refractivity contribution in [1.82, 2.24) is 0 Å². The highest BCUT2D eigenvalue weighted by Crippen LogP contribution is 2.28. The molecule has 130 valence electrons. The minimum absolute atomic E-state index is 0.0328. The summed E-state index contributed by atoms with van der Waals surface area (Å²) in [5.74, 6) is -0.695. The number of rotatable bonds is 4. The SMILES string of the molecule is C[C@@H](OC(=O)Cc1ccc(Cl)c(Cl)c1)C(=O)N1CCc2ccccc21. The Morgan fingerprint density at radius 3 is 2.68 bits per heavy atom. The van der Waals surface area contributed by atoms with Crippen molar-refractivity contribution in [2.75, 3.05) is 11.4 Å². The molecule has 4 nitrogen and oxygen atoms in total. The van der Waals surface area contributed by atoms with E-state index in [4.69, 9.17) is 27.9 Å². The van der Waals surface area contributed by atoms with E-state index < -0.39 is 12.1 Å². The molecular weight excluding hydrogens is 361 g/mol. The van der Waals surface area contributed by atoms with Crippen LogP contribution in [0.2, 0.25) is 10.0 Å². The fourth-order valence-electron chi connectivity index (χ4n) is 2.89. The summed E-state index contributed by atoms with van der Waals surface area (Å²) in [6.07, 6.45) is -0.00170. The number of hydrogen-bond donors (Lipinski definition) is 0. The molecule has 1 atom stereocenters. The molecule has 2 aromatic carbocycles. The number of fused-ring (bicyclic) bond motifs is 1. The van der Waals surface area contributed by atoms with E-state index in [0.29, 0.717) is 22.2 Å². The Kier molecular flexibility index (Phi) is 5.30. The van der Waals surface area contributed by atoms with Crippen molar-refractivity contribution in [2.24, 2.45) is 0 Å². The second kappa shape index (κ2) is 7.46.